The molecule has 0 radical (unpaired) electrons. The molecule has 25 heavy (non-hydrogen) atoms. The first-order valence-electron chi connectivity index (χ1n) is 7.53. The Morgan fingerprint density at radius 2 is 1.40 bits per heavy atom. The van der Waals surface area contributed by atoms with E-state index in [4.69, 9.17) is 0 Å². The summed E-state index contributed by atoms with van der Waals surface area (Å²) in [4.78, 5) is 11.1. The molecule has 4 rings (SSSR count). The number of hydrogen-bond donors (Lipinski definition) is 0. The third-order valence-electron chi connectivity index (χ3n) is 4.34. The number of alkyl halides is 3. The van der Waals surface area contributed by atoms with E-state index < -0.39 is 17.7 Å². The van der Waals surface area contributed by atoms with E-state index in [0.717, 1.165) is 26.9 Å². The van der Waals surface area contributed by atoms with Gasteiger partial charge in [0.25, 0.3) is 5.78 Å². The highest BCUT2D eigenvalue weighted by atomic mass is 19.4. The predicted molar refractivity (Wildman–Crippen MR) is 89.2 cm³/mol. The monoisotopic (exact) mass is 339 g/mol. The van der Waals surface area contributed by atoms with E-state index in [1.54, 1.807) is 12.1 Å². The van der Waals surface area contributed by atoms with Gasteiger partial charge in [0.05, 0.1) is 0 Å². The van der Waals surface area contributed by atoms with Gasteiger partial charge in [0, 0.05) is 0 Å². The second-order valence-corrected chi connectivity index (χ2v) is 5.84. The molecule has 0 spiro atoms. The lowest BCUT2D eigenvalue weighted by molar-refractivity contribution is -0.244. The van der Waals surface area contributed by atoms with Crippen molar-refractivity contribution in [3.8, 4) is 0 Å². The van der Waals surface area contributed by atoms with Gasteiger partial charge >= 0.3 is 6.18 Å². The van der Waals surface area contributed by atoms with Crippen molar-refractivity contribution in [3.63, 3.8) is 0 Å². The van der Waals surface area contributed by atoms with E-state index in [1.807, 2.05) is 36.4 Å². The smallest absolute Gasteiger partial charge is 0.454 e. The highest BCUT2D eigenvalue weighted by Crippen LogP contribution is 2.37. The fourth-order valence-electron chi connectivity index (χ4n) is 3.23. The predicted octanol–water partition coefficient (Wildman–Crippen LogP) is 4.42. The van der Waals surface area contributed by atoms with Crippen molar-refractivity contribution in [1.29, 1.82) is 0 Å². The Balaban J connectivity index is 2.03. The molecule has 5 heteroatoms. The van der Waals surface area contributed by atoms with Crippen LogP contribution in [-0.2, 0) is 4.79 Å². The third kappa shape index (κ3) is 2.39. The average molecular weight is 339 g/mol. The topological polar surface area (TPSA) is 40.1 Å². The van der Waals surface area contributed by atoms with Crippen LogP contribution < -0.4 is 5.11 Å². The molecule has 0 aromatic heterocycles. The fourth-order valence-corrected chi connectivity index (χ4v) is 3.23. The molecular formula is C20H10F3O2-. The van der Waals surface area contributed by atoms with Gasteiger partial charge in [-0.3, -0.25) is 4.79 Å². The minimum atomic E-state index is -5.06. The quantitative estimate of drug-likeness (QED) is 0.308. The molecule has 4 aromatic rings. The first-order chi connectivity index (χ1) is 11.9. The number of benzene rings is 4. The van der Waals surface area contributed by atoms with Gasteiger partial charge in [0.15, 0.2) is 0 Å². The van der Waals surface area contributed by atoms with Crippen LogP contribution in [0.2, 0.25) is 0 Å². The van der Waals surface area contributed by atoms with Crippen molar-refractivity contribution < 1.29 is 23.1 Å². The van der Waals surface area contributed by atoms with Crippen molar-refractivity contribution >= 4 is 43.9 Å². The molecule has 0 fully saturated rings. The van der Waals surface area contributed by atoms with E-state index in [9.17, 15) is 23.1 Å². The second kappa shape index (κ2) is 5.21. The lowest BCUT2D eigenvalue weighted by Gasteiger charge is -2.18. The number of rotatable bonds is 2. The maximum Gasteiger partial charge on any atom is 0.454 e. The summed E-state index contributed by atoms with van der Waals surface area (Å²) < 4.78 is 37.3. The van der Waals surface area contributed by atoms with Gasteiger partial charge in [0.2, 0.25) is 0 Å². The van der Waals surface area contributed by atoms with Crippen LogP contribution in [0.15, 0.2) is 60.7 Å². The van der Waals surface area contributed by atoms with Crippen LogP contribution in [0.3, 0.4) is 0 Å². The van der Waals surface area contributed by atoms with Crippen molar-refractivity contribution in [2.45, 2.75) is 6.18 Å². The summed E-state index contributed by atoms with van der Waals surface area (Å²) in [5.41, 5.74) is 0.0864. The average Bonchev–Trinajstić information content (AvgIpc) is 2.58. The molecular weight excluding hydrogens is 329 g/mol. The van der Waals surface area contributed by atoms with E-state index in [0.29, 0.717) is 5.39 Å². The maximum absolute atomic E-state index is 12.4. The molecule has 0 heterocycles. The summed E-state index contributed by atoms with van der Waals surface area (Å²) in [6.07, 6.45) is -4.94. The van der Waals surface area contributed by atoms with Crippen LogP contribution in [0.1, 0.15) is 5.56 Å². The molecule has 0 bridgehead atoms. The first-order valence-corrected chi connectivity index (χ1v) is 7.53. The summed E-state index contributed by atoms with van der Waals surface area (Å²) in [5, 5.41) is 17.4. The molecule has 0 amide bonds. The molecule has 0 aliphatic carbocycles. The Morgan fingerprint density at radius 3 is 2.04 bits per heavy atom. The lowest BCUT2D eigenvalue weighted by atomic mass is 9.91. The van der Waals surface area contributed by atoms with Crippen molar-refractivity contribution in [3.05, 3.63) is 66.2 Å². The minimum Gasteiger partial charge on any atom is -0.872 e. The van der Waals surface area contributed by atoms with Gasteiger partial charge in [-0.25, -0.2) is 0 Å². The van der Waals surface area contributed by atoms with Gasteiger partial charge in [-0.2, -0.15) is 13.2 Å². The zero-order chi connectivity index (χ0) is 17.8. The van der Waals surface area contributed by atoms with Gasteiger partial charge < -0.3 is 5.11 Å². The van der Waals surface area contributed by atoms with Gasteiger partial charge in [-0.1, -0.05) is 60.4 Å². The molecule has 0 saturated heterocycles. The first kappa shape index (κ1) is 15.4. The van der Waals surface area contributed by atoms with Crippen molar-refractivity contribution in [2.24, 2.45) is 0 Å². The summed E-state index contributed by atoms with van der Waals surface area (Å²) in [6, 6.07) is 16.4. The number of allylic oxidation sites excluding steroid dienone is 1. The number of halogens is 3. The van der Waals surface area contributed by atoms with E-state index in [-0.39, 0.29) is 11.6 Å². The largest absolute Gasteiger partial charge is 0.872 e. The highest BCUT2D eigenvalue weighted by molar-refractivity contribution is 6.24. The third-order valence-corrected chi connectivity index (χ3v) is 4.34. The standard InChI is InChI=1S/C20H11F3O2/c21-20(22,23)17(25)10-16(24)14-8-6-13-5-4-11-2-1-3-12-7-9-15(14)19(13)18(11)12/h1-10,24H/p-1/b16-10-. The zero-order valence-corrected chi connectivity index (χ0v) is 12.7. The van der Waals surface area contributed by atoms with Gasteiger partial charge in [0.1, 0.15) is 0 Å². The maximum atomic E-state index is 12.4. The minimum absolute atomic E-state index is 0.0864. The fraction of sp³-hybridized carbons (Fsp3) is 0.0500. The van der Waals surface area contributed by atoms with Gasteiger partial charge in [-0.05, 0) is 44.0 Å². The SMILES string of the molecule is O=C(/C=C(\[O-])c1ccc2ccc3cccc4ccc1c2c34)C(F)(F)F. The van der Waals surface area contributed by atoms with E-state index in [1.165, 1.54) is 6.07 Å². The van der Waals surface area contributed by atoms with E-state index >= 15 is 0 Å². The van der Waals surface area contributed by atoms with E-state index in [2.05, 4.69) is 0 Å². The van der Waals surface area contributed by atoms with Crippen molar-refractivity contribution in [1.82, 2.24) is 0 Å². The molecule has 0 saturated carbocycles. The molecule has 0 aliphatic rings. The zero-order valence-electron chi connectivity index (χ0n) is 12.7. The summed E-state index contributed by atoms with van der Waals surface area (Å²) in [6.45, 7) is 0. The second-order valence-electron chi connectivity index (χ2n) is 5.84. The van der Waals surface area contributed by atoms with Crippen LogP contribution in [0.4, 0.5) is 13.2 Å². The Bertz CT molecular complexity index is 1140. The van der Waals surface area contributed by atoms with Crippen LogP contribution in [0.5, 0.6) is 0 Å². The Labute approximate surface area is 140 Å². The molecule has 0 unspecified atom stereocenters. The summed E-state index contributed by atoms with van der Waals surface area (Å²) >= 11 is 0. The molecule has 4 aromatic carbocycles. The van der Waals surface area contributed by atoms with Gasteiger partial charge in [-0.15, -0.1) is 0 Å². The van der Waals surface area contributed by atoms with Crippen molar-refractivity contribution in [2.75, 3.05) is 0 Å². The molecule has 2 nitrogen and oxygen atoms in total. The molecule has 0 N–H and O–H groups in total. The number of ketones is 1. The van der Waals surface area contributed by atoms with Crippen LogP contribution >= 0.6 is 0 Å². The normalized spacial score (nSPS) is 13.2. The summed E-state index contributed by atoms with van der Waals surface area (Å²) in [7, 11) is 0. The van der Waals surface area contributed by atoms with Crippen LogP contribution in [0.25, 0.3) is 38.1 Å². The molecule has 124 valence electrons. The molecule has 0 aliphatic heterocycles. The number of carbonyl (C=O) groups excluding carboxylic acids is 1. The number of hydrogen-bond acceptors (Lipinski definition) is 2. The number of carbonyl (C=O) groups is 1. The Hall–Kier alpha value is -3.08. The highest BCUT2D eigenvalue weighted by Gasteiger charge is 2.36. The summed E-state index contributed by atoms with van der Waals surface area (Å²) in [5.74, 6) is -3.09. The Morgan fingerprint density at radius 1 is 0.840 bits per heavy atom. The van der Waals surface area contributed by atoms with Crippen LogP contribution in [-0.4, -0.2) is 12.0 Å². The lowest BCUT2D eigenvalue weighted by Crippen LogP contribution is -2.22. The molecule has 0 atom stereocenters. The Kier molecular flexibility index (Phi) is 3.22. The van der Waals surface area contributed by atoms with Crippen LogP contribution in [0, 0.1) is 0 Å².